The van der Waals surface area contributed by atoms with Crippen molar-refractivity contribution in [2.24, 2.45) is 16.5 Å². The Morgan fingerprint density at radius 3 is 1.70 bits per heavy atom. The summed E-state index contributed by atoms with van der Waals surface area (Å²) in [5.41, 5.74) is 11.1. The minimum Gasteiger partial charge on any atom is -0.370 e. The molecular weight excluding hydrogens is 278 g/mol. The second-order valence-electron chi connectivity index (χ2n) is 3.66. The van der Waals surface area contributed by atoms with Gasteiger partial charge in [-0.15, -0.1) is 0 Å². The molecule has 106 valence electrons. The molecule has 0 atom stereocenters. The zero-order valence-corrected chi connectivity index (χ0v) is 11.4. The fourth-order valence-corrected chi connectivity index (χ4v) is 1.75. The summed E-state index contributed by atoms with van der Waals surface area (Å²) >= 11 is 0. The van der Waals surface area contributed by atoms with Gasteiger partial charge in [0.1, 0.15) is 0 Å². The highest BCUT2D eigenvalue weighted by atomic mass is 32.2. The molecule has 0 aromatic heterocycles. The van der Waals surface area contributed by atoms with Gasteiger partial charge in [0.2, 0.25) is 0 Å². The van der Waals surface area contributed by atoms with Crippen LogP contribution in [0.5, 0.6) is 0 Å². The van der Waals surface area contributed by atoms with Gasteiger partial charge in [-0.05, 0) is 24.3 Å². The molecule has 6 nitrogen and oxygen atoms in total. The molecule has 0 saturated carbocycles. The fraction of sp³-hybridized carbons (Fsp3) is 0. The van der Waals surface area contributed by atoms with Crippen molar-refractivity contribution in [2.75, 3.05) is 0 Å². The lowest BCUT2D eigenvalue weighted by molar-refractivity contribution is 0.483. The van der Waals surface area contributed by atoms with E-state index in [1.807, 2.05) is 30.3 Å². The maximum Gasteiger partial charge on any atom is 0.294 e. The van der Waals surface area contributed by atoms with E-state index in [9.17, 15) is 8.42 Å². The predicted molar refractivity (Wildman–Crippen MR) is 78.2 cm³/mol. The molecule has 0 radical (unpaired) electrons. The summed E-state index contributed by atoms with van der Waals surface area (Å²) < 4.78 is 29.2. The van der Waals surface area contributed by atoms with E-state index < -0.39 is 10.1 Å². The Morgan fingerprint density at radius 1 is 0.900 bits per heavy atom. The predicted octanol–water partition coefficient (Wildman–Crippen LogP) is 1.52. The molecule has 0 aliphatic rings. The van der Waals surface area contributed by atoms with E-state index in [1.54, 1.807) is 18.2 Å². The quantitative estimate of drug-likeness (QED) is 0.440. The summed E-state index contributed by atoms with van der Waals surface area (Å²) in [7, 11) is -4.00. The third-order valence-electron chi connectivity index (χ3n) is 2.06. The smallest absolute Gasteiger partial charge is 0.294 e. The number of benzene rings is 2. The maximum atomic E-state index is 10.4. The van der Waals surface area contributed by atoms with Crippen molar-refractivity contribution in [2.45, 2.75) is 4.90 Å². The van der Waals surface area contributed by atoms with Crippen LogP contribution in [-0.2, 0) is 10.1 Å². The first-order valence-corrected chi connectivity index (χ1v) is 7.01. The third-order valence-corrected chi connectivity index (χ3v) is 2.92. The molecule has 5 N–H and O–H groups in total. The van der Waals surface area contributed by atoms with Gasteiger partial charge in [-0.3, -0.25) is 4.55 Å². The Morgan fingerprint density at radius 2 is 1.35 bits per heavy atom. The molecule has 0 saturated heterocycles. The van der Waals surface area contributed by atoms with Crippen molar-refractivity contribution >= 4 is 21.8 Å². The van der Waals surface area contributed by atoms with Crippen molar-refractivity contribution in [3.63, 3.8) is 0 Å². The molecule has 0 fully saturated rings. The van der Waals surface area contributed by atoms with Crippen LogP contribution >= 0.6 is 0 Å². The number of para-hydroxylation sites is 1. The summed E-state index contributed by atoms with van der Waals surface area (Å²) in [5.74, 6) is 0.0891. The summed E-state index contributed by atoms with van der Waals surface area (Å²) in [6.45, 7) is 0. The van der Waals surface area contributed by atoms with Gasteiger partial charge in [-0.2, -0.15) is 8.42 Å². The van der Waals surface area contributed by atoms with E-state index >= 15 is 0 Å². The molecular formula is C13H15N3O3S. The standard InChI is InChI=1S/C7H9N3.C6H6O3S/c8-7(9)10-6-4-2-1-3-5-6;7-10(8,9)6-4-2-1-3-5-6/h1-5H,(H4,8,9,10);1-5H,(H,7,8,9). The molecule has 7 heteroatoms. The van der Waals surface area contributed by atoms with E-state index in [4.69, 9.17) is 16.0 Å². The van der Waals surface area contributed by atoms with Gasteiger partial charge >= 0.3 is 0 Å². The van der Waals surface area contributed by atoms with Crippen LogP contribution in [0.2, 0.25) is 0 Å². The van der Waals surface area contributed by atoms with Crippen LogP contribution in [0.15, 0.2) is 70.6 Å². The van der Waals surface area contributed by atoms with Gasteiger partial charge < -0.3 is 11.5 Å². The zero-order chi connectivity index (χ0) is 15.0. The largest absolute Gasteiger partial charge is 0.370 e. The Kier molecular flexibility index (Phi) is 5.70. The van der Waals surface area contributed by atoms with E-state index in [0.29, 0.717) is 0 Å². The molecule has 20 heavy (non-hydrogen) atoms. The molecule has 2 aromatic carbocycles. The van der Waals surface area contributed by atoms with E-state index in [1.165, 1.54) is 12.1 Å². The molecule has 2 rings (SSSR count). The van der Waals surface area contributed by atoms with Crippen LogP contribution < -0.4 is 11.5 Å². The molecule has 0 bridgehead atoms. The van der Waals surface area contributed by atoms with E-state index in [-0.39, 0.29) is 10.9 Å². The van der Waals surface area contributed by atoms with Crippen LogP contribution in [0, 0.1) is 0 Å². The van der Waals surface area contributed by atoms with Crippen molar-refractivity contribution in [1.82, 2.24) is 0 Å². The van der Waals surface area contributed by atoms with Crippen molar-refractivity contribution in [3.05, 3.63) is 60.7 Å². The number of guanidine groups is 1. The second-order valence-corrected chi connectivity index (χ2v) is 5.08. The van der Waals surface area contributed by atoms with Crippen molar-refractivity contribution in [3.8, 4) is 0 Å². The first kappa shape index (κ1) is 15.7. The average Bonchev–Trinajstić information content (AvgIpc) is 2.40. The lowest BCUT2D eigenvalue weighted by Gasteiger charge is -1.92. The highest BCUT2D eigenvalue weighted by Gasteiger charge is 2.05. The van der Waals surface area contributed by atoms with Gasteiger partial charge in [0, 0.05) is 0 Å². The minimum atomic E-state index is -4.00. The maximum absolute atomic E-state index is 10.4. The van der Waals surface area contributed by atoms with Crippen LogP contribution in [0.1, 0.15) is 0 Å². The molecule has 2 aromatic rings. The van der Waals surface area contributed by atoms with Gasteiger partial charge in [-0.25, -0.2) is 4.99 Å². The Bertz CT molecular complexity index is 652. The lowest BCUT2D eigenvalue weighted by Crippen LogP contribution is -2.21. The normalized spacial score (nSPS) is 10.1. The number of hydrogen-bond acceptors (Lipinski definition) is 3. The monoisotopic (exact) mass is 293 g/mol. The van der Waals surface area contributed by atoms with E-state index in [2.05, 4.69) is 4.99 Å². The lowest BCUT2D eigenvalue weighted by atomic mass is 10.3. The first-order chi connectivity index (χ1) is 9.39. The van der Waals surface area contributed by atoms with Gasteiger partial charge in [0.25, 0.3) is 10.1 Å². The molecule has 0 heterocycles. The number of hydrogen-bond donors (Lipinski definition) is 3. The Labute approximate surface area is 117 Å². The molecule has 0 amide bonds. The Balaban J connectivity index is 0.000000200. The summed E-state index contributed by atoms with van der Waals surface area (Å²) in [4.78, 5) is 3.76. The highest BCUT2D eigenvalue weighted by Crippen LogP contribution is 2.08. The SMILES string of the molecule is NC(N)=Nc1ccccc1.O=S(=O)(O)c1ccccc1. The van der Waals surface area contributed by atoms with Crippen LogP contribution in [-0.4, -0.2) is 18.9 Å². The summed E-state index contributed by atoms with van der Waals surface area (Å²) in [6.07, 6.45) is 0. The van der Waals surface area contributed by atoms with Gasteiger partial charge in [0.15, 0.2) is 5.96 Å². The average molecular weight is 293 g/mol. The van der Waals surface area contributed by atoms with Crippen molar-refractivity contribution < 1.29 is 13.0 Å². The number of nitrogens with zero attached hydrogens (tertiary/aromatic N) is 1. The molecule has 0 spiro atoms. The Hall–Kier alpha value is -2.38. The fourth-order valence-electron chi connectivity index (χ4n) is 1.24. The van der Waals surface area contributed by atoms with Gasteiger partial charge in [0.05, 0.1) is 10.6 Å². The summed E-state index contributed by atoms with van der Waals surface area (Å²) in [5, 5.41) is 0. The van der Waals surface area contributed by atoms with Crippen LogP contribution in [0.4, 0.5) is 5.69 Å². The molecule has 0 unspecified atom stereocenters. The number of rotatable bonds is 2. The number of nitrogens with two attached hydrogens (primary N) is 2. The third kappa shape index (κ3) is 5.98. The van der Waals surface area contributed by atoms with Gasteiger partial charge in [-0.1, -0.05) is 36.4 Å². The second kappa shape index (κ2) is 7.27. The zero-order valence-electron chi connectivity index (χ0n) is 10.5. The molecule has 0 aliphatic heterocycles. The van der Waals surface area contributed by atoms with Crippen LogP contribution in [0.3, 0.4) is 0 Å². The first-order valence-electron chi connectivity index (χ1n) is 5.57. The van der Waals surface area contributed by atoms with Crippen molar-refractivity contribution in [1.29, 1.82) is 0 Å². The minimum absolute atomic E-state index is 0.0741. The number of aliphatic imine (C=N–C) groups is 1. The van der Waals surface area contributed by atoms with Crippen LogP contribution in [0.25, 0.3) is 0 Å². The molecule has 0 aliphatic carbocycles. The van der Waals surface area contributed by atoms with E-state index in [0.717, 1.165) is 5.69 Å². The highest BCUT2D eigenvalue weighted by molar-refractivity contribution is 7.85. The topological polar surface area (TPSA) is 119 Å². The summed E-state index contributed by atoms with van der Waals surface area (Å²) in [6, 6.07) is 16.8.